The van der Waals surface area contributed by atoms with Gasteiger partial charge in [-0.25, -0.2) is 9.97 Å². The number of hydrogen-bond acceptors (Lipinski definition) is 5. The van der Waals surface area contributed by atoms with Gasteiger partial charge in [0.15, 0.2) is 5.82 Å². The zero-order valence-electron chi connectivity index (χ0n) is 11.6. The van der Waals surface area contributed by atoms with Crippen LogP contribution in [0, 0.1) is 19.3 Å². The Morgan fingerprint density at radius 1 is 1.33 bits per heavy atom. The van der Waals surface area contributed by atoms with Crippen LogP contribution in [0.25, 0.3) is 11.4 Å². The number of anilines is 1. The number of hydrogen-bond donors (Lipinski definition) is 2. The molecule has 0 bridgehead atoms. The molecule has 21 heavy (non-hydrogen) atoms. The summed E-state index contributed by atoms with van der Waals surface area (Å²) in [5, 5.41) is 5.53. The number of pyridine rings is 1. The summed E-state index contributed by atoms with van der Waals surface area (Å²) in [5.41, 5.74) is 1.68. The lowest BCUT2D eigenvalue weighted by molar-refractivity contribution is -0.119. The monoisotopic (exact) mass is 281 g/mol. The quantitative estimate of drug-likeness (QED) is 0.800. The molecule has 6 nitrogen and oxygen atoms in total. The Morgan fingerprint density at radius 2 is 2.10 bits per heavy atom. The number of carbonyl (C=O) groups excluding carboxylic acids is 1. The van der Waals surface area contributed by atoms with Crippen LogP contribution in [-0.2, 0) is 4.79 Å². The van der Waals surface area contributed by atoms with E-state index in [-0.39, 0.29) is 19.0 Å². The van der Waals surface area contributed by atoms with E-state index in [1.54, 1.807) is 18.5 Å². The van der Waals surface area contributed by atoms with Crippen LogP contribution in [0.15, 0.2) is 30.6 Å². The smallest absolute Gasteiger partial charge is 0.240 e. The Morgan fingerprint density at radius 3 is 2.81 bits per heavy atom. The zero-order chi connectivity index (χ0) is 15.1. The second-order valence-corrected chi connectivity index (χ2v) is 4.29. The van der Waals surface area contributed by atoms with Crippen LogP contribution in [0.3, 0.4) is 0 Å². The summed E-state index contributed by atoms with van der Waals surface area (Å²) in [7, 11) is 0. The Kier molecular flexibility index (Phi) is 4.83. The average Bonchev–Trinajstić information content (AvgIpc) is 2.51. The lowest BCUT2D eigenvalue weighted by Crippen LogP contribution is -2.30. The maximum atomic E-state index is 11.5. The van der Waals surface area contributed by atoms with Crippen LogP contribution >= 0.6 is 0 Å². The first kappa shape index (κ1) is 14.5. The fourth-order valence-corrected chi connectivity index (χ4v) is 1.67. The van der Waals surface area contributed by atoms with Gasteiger partial charge in [-0.15, -0.1) is 6.42 Å². The van der Waals surface area contributed by atoms with Crippen molar-refractivity contribution in [2.75, 3.05) is 18.4 Å². The maximum Gasteiger partial charge on any atom is 0.240 e. The Balaban J connectivity index is 2.09. The van der Waals surface area contributed by atoms with E-state index in [4.69, 9.17) is 6.42 Å². The third-order valence-corrected chi connectivity index (χ3v) is 2.61. The van der Waals surface area contributed by atoms with Crippen molar-refractivity contribution < 1.29 is 4.79 Å². The molecule has 0 saturated carbocycles. The van der Waals surface area contributed by atoms with Gasteiger partial charge in [-0.3, -0.25) is 9.78 Å². The topological polar surface area (TPSA) is 79.8 Å². The first-order valence-electron chi connectivity index (χ1n) is 6.39. The average molecular weight is 281 g/mol. The molecule has 0 aliphatic carbocycles. The molecule has 0 aliphatic rings. The van der Waals surface area contributed by atoms with Crippen molar-refractivity contribution in [1.29, 1.82) is 0 Å². The molecule has 0 atom stereocenters. The highest BCUT2D eigenvalue weighted by molar-refractivity contribution is 5.80. The molecule has 2 heterocycles. The van der Waals surface area contributed by atoms with Crippen LogP contribution in [-0.4, -0.2) is 33.9 Å². The zero-order valence-corrected chi connectivity index (χ0v) is 11.6. The van der Waals surface area contributed by atoms with Gasteiger partial charge in [0.25, 0.3) is 0 Å². The molecule has 2 aromatic rings. The Hall–Kier alpha value is -2.94. The van der Waals surface area contributed by atoms with Gasteiger partial charge in [-0.2, -0.15) is 0 Å². The SMILES string of the molecule is C#CCNC(=O)CNc1cc(C)nc(-c2ccncc2)n1. The molecule has 6 heteroatoms. The molecule has 2 aromatic heterocycles. The molecular formula is C15H15N5O. The van der Waals surface area contributed by atoms with E-state index in [2.05, 4.69) is 31.5 Å². The third-order valence-electron chi connectivity index (χ3n) is 2.61. The van der Waals surface area contributed by atoms with Crippen LogP contribution in [0.4, 0.5) is 5.82 Å². The molecule has 1 amide bonds. The van der Waals surface area contributed by atoms with E-state index in [1.165, 1.54) is 0 Å². The van der Waals surface area contributed by atoms with Gasteiger partial charge in [0.1, 0.15) is 5.82 Å². The lowest BCUT2D eigenvalue weighted by atomic mass is 10.2. The number of aryl methyl sites for hydroxylation is 1. The number of carbonyl (C=O) groups is 1. The van der Waals surface area contributed by atoms with Crippen LogP contribution in [0.5, 0.6) is 0 Å². The minimum absolute atomic E-state index is 0.105. The van der Waals surface area contributed by atoms with E-state index in [0.717, 1.165) is 11.3 Å². The van der Waals surface area contributed by atoms with Crippen LogP contribution < -0.4 is 10.6 Å². The van der Waals surface area contributed by atoms with Crippen molar-refractivity contribution in [3.8, 4) is 23.7 Å². The van der Waals surface area contributed by atoms with E-state index < -0.39 is 0 Å². The van der Waals surface area contributed by atoms with E-state index in [9.17, 15) is 4.79 Å². The molecule has 0 radical (unpaired) electrons. The third kappa shape index (κ3) is 4.28. The van der Waals surface area contributed by atoms with Crippen molar-refractivity contribution in [2.24, 2.45) is 0 Å². The summed E-state index contributed by atoms with van der Waals surface area (Å²) in [6.07, 6.45) is 8.44. The normalized spacial score (nSPS) is 9.71. The van der Waals surface area contributed by atoms with Crippen molar-refractivity contribution in [3.63, 3.8) is 0 Å². The maximum absolute atomic E-state index is 11.5. The number of aromatic nitrogens is 3. The first-order valence-corrected chi connectivity index (χ1v) is 6.39. The summed E-state index contributed by atoms with van der Waals surface area (Å²) in [6, 6.07) is 5.44. The predicted octanol–water partition coefficient (Wildman–Crippen LogP) is 1.01. The second-order valence-electron chi connectivity index (χ2n) is 4.29. The van der Waals surface area contributed by atoms with E-state index in [1.807, 2.05) is 19.1 Å². The second kappa shape index (κ2) is 7.01. The van der Waals surface area contributed by atoms with E-state index >= 15 is 0 Å². The van der Waals surface area contributed by atoms with Crippen molar-refractivity contribution >= 4 is 11.7 Å². The fourth-order valence-electron chi connectivity index (χ4n) is 1.67. The highest BCUT2D eigenvalue weighted by atomic mass is 16.1. The molecule has 0 aromatic carbocycles. The molecule has 0 unspecified atom stereocenters. The first-order chi connectivity index (χ1) is 10.2. The molecule has 2 N–H and O–H groups in total. The standard InChI is InChI=1S/C15H15N5O/c1-3-6-17-14(21)10-18-13-9-11(2)19-15(20-13)12-4-7-16-8-5-12/h1,4-5,7-9H,6,10H2,2H3,(H,17,21)(H,18,19,20). The van der Waals surface area contributed by atoms with E-state index in [0.29, 0.717) is 11.6 Å². The molecule has 0 fully saturated rings. The van der Waals surface area contributed by atoms with Gasteiger partial charge in [-0.05, 0) is 19.1 Å². The van der Waals surface area contributed by atoms with Gasteiger partial charge in [-0.1, -0.05) is 5.92 Å². The van der Waals surface area contributed by atoms with Crippen molar-refractivity contribution in [1.82, 2.24) is 20.3 Å². The molecule has 0 saturated heterocycles. The number of nitrogens with zero attached hydrogens (tertiary/aromatic N) is 3. The Bertz CT molecular complexity index is 664. The number of nitrogens with one attached hydrogen (secondary N) is 2. The summed E-state index contributed by atoms with van der Waals surface area (Å²) < 4.78 is 0. The highest BCUT2D eigenvalue weighted by Crippen LogP contribution is 2.16. The van der Waals surface area contributed by atoms with Crippen molar-refractivity contribution in [2.45, 2.75) is 6.92 Å². The van der Waals surface area contributed by atoms with Crippen LogP contribution in [0.1, 0.15) is 5.69 Å². The van der Waals surface area contributed by atoms with Gasteiger partial charge < -0.3 is 10.6 Å². The van der Waals surface area contributed by atoms with Crippen molar-refractivity contribution in [3.05, 3.63) is 36.3 Å². The molecule has 0 spiro atoms. The molecule has 2 rings (SSSR count). The van der Waals surface area contributed by atoms with Gasteiger partial charge in [0.2, 0.25) is 5.91 Å². The molecular weight excluding hydrogens is 266 g/mol. The Labute approximate surface area is 123 Å². The largest absolute Gasteiger partial charge is 0.361 e. The lowest BCUT2D eigenvalue weighted by Gasteiger charge is -2.08. The summed E-state index contributed by atoms with van der Waals surface area (Å²) >= 11 is 0. The van der Waals surface area contributed by atoms with Gasteiger partial charge in [0, 0.05) is 29.7 Å². The predicted molar refractivity (Wildman–Crippen MR) is 80.3 cm³/mol. The number of terminal acetylenes is 1. The minimum atomic E-state index is -0.185. The highest BCUT2D eigenvalue weighted by Gasteiger charge is 2.06. The van der Waals surface area contributed by atoms with Crippen LogP contribution in [0.2, 0.25) is 0 Å². The van der Waals surface area contributed by atoms with Gasteiger partial charge >= 0.3 is 0 Å². The fraction of sp³-hybridized carbons (Fsp3) is 0.200. The summed E-state index contributed by atoms with van der Waals surface area (Å²) in [4.78, 5) is 24.2. The van der Waals surface area contributed by atoms with Gasteiger partial charge in [0.05, 0.1) is 13.1 Å². The number of amides is 1. The summed E-state index contributed by atoms with van der Waals surface area (Å²) in [6.45, 7) is 2.19. The summed E-state index contributed by atoms with van der Waals surface area (Å²) in [5.74, 6) is 3.33. The number of rotatable bonds is 5. The molecule has 0 aliphatic heterocycles. The minimum Gasteiger partial charge on any atom is -0.361 e. The molecule has 106 valence electrons.